The summed E-state index contributed by atoms with van der Waals surface area (Å²) >= 11 is 1.63. The molecule has 2 aromatic heterocycles. The zero-order valence-corrected chi connectivity index (χ0v) is 11.3. The lowest BCUT2D eigenvalue weighted by atomic mass is 10.1. The summed E-state index contributed by atoms with van der Waals surface area (Å²) in [5.74, 6) is 0. The van der Waals surface area contributed by atoms with Crippen molar-refractivity contribution < 1.29 is 5.11 Å². The first-order valence-electron chi connectivity index (χ1n) is 5.77. The molecule has 0 spiro atoms. The monoisotopic (exact) mass is 267 g/mol. The predicted octanol–water partition coefficient (Wildman–Crippen LogP) is 0.752. The second-order valence-electron chi connectivity index (χ2n) is 4.51. The van der Waals surface area contributed by atoms with Crippen LogP contribution in [0.15, 0.2) is 17.8 Å². The van der Waals surface area contributed by atoms with Crippen molar-refractivity contribution in [1.82, 2.24) is 25.3 Å². The summed E-state index contributed by atoms with van der Waals surface area (Å²) in [5, 5.41) is 23.2. The molecule has 0 aliphatic carbocycles. The van der Waals surface area contributed by atoms with Gasteiger partial charge in [-0.15, -0.1) is 16.4 Å². The van der Waals surface area contributed by atoms with Gasteiger partial charge in [0, 0.05) is 24.3 Å². The summed E-state index contributed by atoms with van der Waals surface area (Å²) in [5.41, 5.74) is 0.669. The summed E-state index contributed by atoms with van der Waals surface area (Å²) in [6, 6.07) is 0. The molecule has 0 saturated heterocycles. The van der Waals surface area contributed by atoms with Crippen molar-refractivity contribution in [1.29, 1.82) is 0 Å². The topological polar surface area (TPSA) is 75.9 Å². The van der Waals surface area contributed by atoms with Crippen LogP contribution in [0.4, 0.5) is 0 Å². The van der Waals surface area contributed by atoms with Crippen molar-refractivity contribution in [3.05, 3.63) is 28.5 Å². The fourth-order valence-corrected chi connectivity index (χ4v) is 2.29. The molecule has 0 amide bonds. The maximum Gasteiger partial charge on any atom is 0.112 e. The fraction of sp³-hybridized carbons (Fsp3) is 0.545. The van der Waals surface area contributed by atoms with Crippen LogP contribution in [-0.2, 0) is 18.6 Å². The van der Waals surface area contributed by atoms with Gasteiger partial charge in [-0.25, -0.2) is 9.67 Å². The quantitative estimate of drug-likeness (QED) is 0.808. The molecule has 0 bridgehead atoms. The molecule has 2 rings (SSSR count). The van der Waals surface area contributed by atoms with Crippen molar-refractivity contribution in [3.63, 3.8) is 0 Å². The zero-order valence-electron chi connectivity index (χ0n) is 10.5. The average Bonchev–Trinajstić information content (AvgIpc) is 2.98. The molecule has 0 saturated carbocycles. The molecule has 2 heterocycles. The standard InChI is InChI=1S/C11H17N5OS/c1-11(2,10-12-3-6-18-10)13-7-9-8-16(4-5-17)15-14-9/h3,6,8,13,17H,4-5,7H2,1-2H3. The van der Waals surface area contributed by atoms with E-state index in [-0.39, 0.29) is 12.1 Å². The molecule has 2 aromatic rings. The van der Waals surface area contributed by atoms with E-state index in [2.05, 4.69) is 34.5 Å². The summed E-state index contributed by atoms with van der Waals surface area (Å²) in [6.07, 6.45) is 3.64. The van der Waals surface area contributed by atoms with Crippen LogP contribution in [0.2, 0.25) is 0 Å². The molecule has 0 fully saturated rings. The van der Waals surface area contributed by atoms with Gasteiger partial charge in [0.25, 0.3) is 0 Å². The minimum Gasteiger partial charge on any atom is -0.394 e. The molecule has 18 heavy (non-hydrogen) atoms. The van der Waals surface area contributed by atoms with Gasteiger partial charge < -0.3 is 10.4 Å². The number of aliphatic hydroxyl groups is 1. The Hall–Kier alpha value is -1.31. The maximum atomic E-state index is 8.80. The molecule has 0 atom stereocenters. The van der Waals surface area contributed by atoms with E-state index >= 15 is 0 Å². The van der Waals surface area contributed by atoms with Crippen LogP contribution < -0.4 is 5.32 Å². The van der Waals surface area contributed by atoms with E-state index in [1.165, 1.54) is 0 Å². The average molecular weight is 267 g/mol. The number of nitrogens with zero attached hydrogens (tertiary/aromatic N) is 4. The first kappa shape index (κ1) is 13.1. The van der Waals surface area contributed by atoms with Crippen LogP contribution in [0.3, 0.4) is 0 Å². The van der Waals surface area contributed by atoms with Crippen molar-refractivity contribution in [3.8, 4) is 0 Å². The molecular formula is C11H17N5OS. The Kier molecular flexibility index (Phi) is 4.05. The first-order chi connectivity index (χ1) is 8.62. The number of nitrogens with one attached hydrogen (secondary N) is 1. The van der Waals surface area contributed by atoms with Crippen LogP contribution in [0.5, 0.6) is 0 Å². The van der Waals surface area contributed by atoms with Gasteiger partial charge in [0.15, 0.2) is 0 Å². The number of aromatic nitrogens is 4. The van der Waals surface area contributed by atoms with E-state index in [0.717, 1.165) is 10.7 Å². The van der Waals surface area contributed by atoms with Gasteiger partial charge >= 0.3 is 0 Å². The fourth-order valence-electron chi connectivity index (χ4n) is 1.55. The van der Waals surface area contributed by atoms with Gasteiger partial charge in [0.1, 0.15) is 5.01 Å². The minimum absolute atomic E-state index is 0.0703. The number of hydrogen-bond acceptors (Lipinski definition) is 6. The lowest BCUT2D eigenvalue weighted by molar-refractivity contribution is 0.268. The second kappa shape index (κ2) is 5.55. The molecule has 98 valence electrons. The molecule has 7 heteroatoms. The Balaban J connectivity index is 1.94. The lowest BCUT2D eigenvalue weighted by Crippen LogP contribution is -2.35. The second-order valence-corrected chi connectivity index (χ2v) is 5.41. The Morgan fingerprint density at radius 3 is 3.00 bits per heavy atom. The van der Waals surface area contributed by atoms with Gasteiger partial charge in [-0.2, -0.15) is 0 Å². The Labute approximate surface area is 110 Å². The van der Waals surface area contributed by atoms with Crippen molar-refractivity contribution >= 4 is 11.3 Å². The van der Waals surface area contributed by atoms with Crippen molar-refractivity contribution in [2.45, 2.75) is 32.5 Å². The van der Waals surface area contributed by atoms with Gasteiger partial charge in [0.05, 0.1) is 24.4 Å². The molecule has 0 aliphatic heterocycles. The van der Waals surface area contributed by atoms with Gasteiger partial charge in [-0.3, -0.25) is 0 Å². The first-order valence-corrected chi connectivity index (χ1v) is 6.64. The van der Waals surface area contributed by atoms with Gasteiger partial charge in [-0.1, -0.05) is 5.21 Å². The van der Waals surface area contributed by atoms with Gasteiger partial charge in [0.2, 0.25) is 0 Å². The zero-order chi connectivity index (χ0) is 13.0. The van der Waals surface area contributed by atoms with Crippen LogP contribution in [0.1, 0.15) is 24.5 Å². The van der Waals surface area contributed by atoms with Crippen molar-refractivity contribution in [2.24, 2.45) is 0 Å². The van der Waals surface area contributed by atoms with E-state index in [4.69, 9.17) is 5.11 Å². The van der Waals surface area contributed by atoms with Crippen LogP contribution in [-0.4, -0.2) is 31.7 Å². The van der Waals surface area contributed by atoms with E-state index in [9.17, 15) is 0 Å². The summed E-state index contributed by atoms with van der Waals surface area (Å²) in [4.78, 5) is 4.32. The van der Waals surface area contributed by atoms with Crippen LogP contribution >= 0.6 is 11.3 Å². The van der Waals surface area contributed by atoms with E-state index in [1.54, 1.807) is 22.2 Å². The van der Waals surface area contributed by atoms with Gasteiger partial charge in [-0.05, 0) is 13.8 Å². The number of thiazole rings is 1. The Morgan fingerprint density at radius 1 is 1.50 bits per heavy atom. The largest absolute Gasteiger partial charge is 0.394 e. The molecule has 2 N–H and O–H groups in total. The number of hydrogen-bond donors (Lipinski definition) is 2. The highest BCUT2D eigenvalue weighted by Gasteiger charge is 2.22. The lowest BCUT2D eigenvalue weighted by Gasteiger charge is -2.23. The minimum atomic E-state index is -0.186. The molecular weight excluding hydrogens is 250 g/mol. The smallest absolute Gasteiger partial charge is 0.112 e. The maximum absolute atomic E-state index is 8.80. The Morgan fingerprint density at radius 2 is 2.33 bits per heavy atom. The van der Waals surface area contributed by atoms with E-state index in [1.807, 2.05) is 11.6 Å². The van der Waals surface area contributed by atoms with E-state index < -0.39 is 0 Å². The molecule has 6 nitrogen and oxygen atoms in total. The third-order valence-electron chi connectivity index (χ3n) is 2.59. The molecule has 0 unspecified atom stereocenters. The normalized spacial score (nSPS) is 11.9. The number of rotatable bonds is 6. The molecule has 0 radical (unpaired) electrons. The highest BCUT2D eigenvalue weighted by Crippen LogP contribution is 2.22. The predicted molar refractivity (Wildman–Crippen MR) is 69.1 cm³/mol. The highest BCUT2D eigenvalue weighted by atomic mass is 32.1. The molecule has 0 aromatic carbocycles. The van der Waals surface area contributed by atoms with E-state index in [0.29, 0.717) is 13.1 Å². The third kappa shape index (κ3) is 3.12. The highest BCUT2D eigenvalue weighted by molar-refractivity contribution is 7.09. The number of aliphatic hydroxyl groups excluding tert-OH is 1. The van der Waals surface area contributed by atoms with Crippen molar-refractivity contribution in [2.75, 3.05) is 6.61 Å². The molecule has 0 aliphatic rings. The van der Waals surface area contributed by atoms with Crippen LogP contribution in [0, 0.1) is 0 Å². The summed E-state index contributed by atoms with van der Waals surface area (Å²) in [6.45, 7) is 5.34. The Bertz CT molecular complexity index is 479. The van der Waals surface area contributed by atoms with Crippen LogP contribution in [0.25, 0.3) is 0 Å². The summed E-state index contributed by atoms with van der Waals surface area (Å²) < 4.78 is 1.63. The summed E-state index contributed by atoms with van der Waals surface area (Å²) in [7, 11) is 0. The third-order valence-corrected chi connectivity index (χ3v) is 3.69. The SMILES string of the molecule is CC(C)(NCc1cn(CCO)nn1)c1nccs1.